The van der Waals surface area contributed by atoms with Crippen molar-refractivity contribution < 1.29 is 13.6 Å². The van der Waals surface area contributed by atoms with Gasteiger partial charge in [-0.2, -0.15) is 0 Å². The Morgan fingerprint density at radius 3 is 2.62 bits per heavy atom. The van der Waals surface area contributed by atoms with E-state index < -0.39 is 6.43 Å². The van der Waals surface area contributed by atoms with Crippen LogP contribution in [0.1, 0.15) is 45.6 Å². The molecule has 1 aromatic heterocycles. The van der Waals surface area contributed by atoms with E-state index in [1.165, 1.54) is 18.5 Å². The van der Waals surface area contributed by atoms with Gasteiger partial charge in [0.1, 0.15) is 5.52 Å². The Morgan fingerprint density at radius 2 is 1.97 bits per heavy atom. The van der Waals surface area contributed by atoms with Gasteiger partial charge in [0.15, 0.2) is 0 Å². The van der Waals surface area contributed by atoms with E-state index in [0.29, 0.717) is 30.9 Å². The molecular weight excluding hydrogens is 376 g/mol. The van der Waals surface area contributed by atoms with Crippen molar-refractivity contribution >= 4 is 22.6 Å². The van der Waals surface area contributed by atoms with Crippen LogP contribution in [0, 0.1) is 11.3 Å². The molecule has 2 heterocycles. The average Bonchev–Trinajstić information content (AvgIpc) is 2.66. The average molecular weight is 405 g/mol. The number of carbonyl (C=O) groups is 1. The van der Waals surface area contributed by atoms with Gasteiger partial charge in [0.2, 0.25) is 5.91 Å². The summed E-state index contributed by atoms with van der Waals surface area (Å²) >= 11 is 0. The number of amides is 1. The second kappa shape index (κ2) is 8.57. The van der Waals surface area contributed by atoms with Crippen molar-refractivity contribution in [3.05, 3.63) is 30.1 Å². The summed E-state index contributed by atoms with van der Waals surface area (Å²) < 4.78 is 26.7. The van der Waals surface area contributed by atoms with E-state index in [9.17, 15) is 13.6 Å². The maximum Gasteiger partial charge on any atom is 0.266 e. The first-order valence-corrected chi connectivity index (χ1v) is 9.96. The summed E-state index contributed by atoms with van der Waals surface area (Å²) in [6.07, 6.45) is 1.57. The Balaban J connectivity index is 1.83. The van der Waals surface area contributed by atoms with Gasteiger partial charge in [-0.05, 0) is 36.4 Å². The van der Waals surface area contributed by atoms with Crippen LogP contribution < -0.4 is 16.0 Å². The van der Waals surface area contributed by atoms with Gasteiger partial charge in [-0.3, -0.25) is 14.8 Å². The van der Waals surface area contributed by atoms with Crippen molar-refractivity contribution in [3.8, 4) is 0 Å². The third-order valence-corrected chi connectivity index (χ3v) is 5.43. The predicted octanol–water partition coefficient (Wildman–Crippen LogP) is 3.27. The van der Waals surface area contributed by atoms with Crippen LogP contribution in [0.4, 0.5) is 14.5 Å². The highest BCUT2D eigenvalue weighted by Crippen LogP contribution is 2.33. The SMILES string of the molecule is C[C@H]1C[C@@H](NC(=O)CC(C)(C)CN)CN(c2ccc(C(F)F)c3nccnc23)C1. The fourth-order valence-electron chi connectivity index (χ4n) is 3.93. The summed E-state index contributed by atoms with van der Waals surface area (Å²) in [7, 11) is 0. The Morgan fingerprint density at radius 1 is 1.28 bits per heavy atom. The smallest absolute Gasteiger partial charge is 0.266 e. The molecule has 0 radical (unpaired) electrons. The van der Waals surface area contributed by atoms with E-state index in [4.69, 9.17) is 5.73 Å². The van der Waals surface area contributed by atoms with E-state index in [-0.39, 0.29) is 28.4 Å². The number of aromatic nitrogens is 2. The van der Waals surface area contributed by atoms with E-state index in [1.807, 2.05) is 13.8 Å². The fourth-order valence-corrected chi connectivity index (χ4v) is 3.93. The van der Waals surface area contributed by atoms with Crippen molar-refractivity contribution in [2.24, 2.45) is 17.1 Å². The first kappa shape index (κ1) is 21.4. The molecule has 8 heteroatoms. The molecule has 158 valence electrons. The van der Waals surface area contributed by atoms with Crippen LogP contribution in [-0.2, 0) is 4.79 Å². The number of nitrogens with two attached hydrogens (primary N) is 1. The van der Waals surface area contributed by atoms with Gasteiger partial charge in [-0.15, -0.1) is 0 Å². The van der Waals surface area contributed by atoms with E-state index in [0.717, 1.165) is 18.7 Å². The lowest BCUT2D eigenvalue weighted by molar-refractivity contribution is -0.123. The van der Waals surface area contributed by atoms with Gasteiger partial charge in [0.25, 0.3) is 6.43 Å². The van der Waals surface area contributed by atoms with Crippen molar-refractivity contribution in [1.29, 1.82) is 0 Å². The number of alkyl halides is 2. The van der Waals surface area contributed by atoms with Crippen LogP contribution >= 0.6 is 0 Å². The number of carbonyl (C=O) groups excluding carboxylic acids is 1. The summed E-state index contributed by atoms with van der Waals surface area (Å²) in [4.78, 5) is 23.1. The van der Waals surface area contributed by atoms with E-state index >= 15 is 0 Å². The molecule has 29 heavy (non-hydrogen) atoms. The summed E-state index contributed by atoms with van der Waals surface area (Å²) in [6.45, 7) is 7.86. The zero-order valence-electron chi connectivity index (χ0n) is 17.2. The lowest BCUT2D eigenvalue weighted by atomic mass is 9.88. The second-order valence-electron chi connectivity index (χ2n) is 8.78. The van der Waals surface area contributed by atoms with Gasteiger partial charge in [0.05, 0.1) is 11.2 Å². The van der Waals surface area contributed by atoms with Crippen LogP contribution in [0.15, 0.2) is 24.5 Å². The molecule has 2 aromatic rings. The minimum atomic E-state index is -2.61. The highest BCUT2D eigenvalue weighted by molar-refractivity contribution is 5.90. The van der Waals surface area contributed by atoms with Gasteiger partial charge in [-0.1, -0.05) is 20.8 Å². The number of hydrogen-bond acceptors (Lipinski definition) is 5. The third-order valence-electron chi connectivity index (χ3n) is 5.43. The second-order valence-corrected chi connectivity index (χ2v) is 8.78. The molecule has 3 N–H and O–H groups in total. The Bertz CT molecular complexity index is 873. The van der Waals surface area contributed by atoms with E-state index in [2.05, 4.69) is 27.1 Å². The van der Waals surface area contributed by atoms with Gasteiger partial charge >= 0.3 is 0 Å². The van der Waals surface area contributed by atoms with Crippen LogP contribution in [-0.4, -0.2) is 41.6 Å². The van der Waals surface area contributed by atoms with Gasteiger partial charge < -0.3 is 16.0 Å². The highest BCUT2D eigenvalue weighted by atomic mass is 19.3. The Labute approximate surface area is 169 Å². The number of anilines is 1. The number of hydrogen-bond donors (Lipinski definition) is 2. The normalized spacial score (nSPS) is 20.3. The molecule has 1 aliphatic rings. The number of fused-ring (bicyclic) bond motifs is 1. The maximum atomic E-state index is 13.4. The summed E-state index contributed by atoms with van der Waals surface area (Å²) in [6, 6.07) is 3.09. The van der Waals surface area contributed by atoms with Crippen molar-refractivity contribution in [1.82, 2.24) is 15.3 Å². The van der Waals surface area contributed by atoms with Crippen LogP contribution in [0.2, 0.25) is 0 Å². The van der Waals surface area contributed by atoms with E-state index in [1.54, 1.807) is 6.07 Å². The largest absolute Gasteiger partial charge is 0.367 e. The molecule has 1 saturated heterocycles. The van der Waals surface area contributed by atoms with Crippen molar-refractivity contribution in [3.63, 3.8) is 0 Å². The summed E-state index contributed by atoms with van der Waals surface area (Å²) in [5.41, 5.74) is 6.84. The number of rotatable bonds is 6. The molecule has 1 aromatic carbocycles. The quantitative estimate of drug-likeness (QED) is 0.771. The fraction of sp³-hybridized carbons (Fsp3) is 0.571. The van der Waals surface area contributed by atoms with Crippen molar-refractivity contribution in [2.45, 2.75) is 46.1 Å². The number of benzene rings is 1. The highest BCUT2D eigenvalue weighted by Gasteiger charge is 2.29. The summed E-state index contributed by atoms with van der Waals surface area (Å²) in [5, 5.41) is 3.12. The molecule has 1 aliphatic heterocycles. The minimum absolute atomic E-state index is 0.0165. The van der Waals surface area contributed by atoms with Gasteiger partial charge in [-0.25, -0.2) is 8.78 Å². The summed E-state index contributed by atoms with van der Waals surface area (Å²) in [5.74, 6) is 0.315. The topological polar surface area (TPSA) is 84.1 Å². The molecule has 0 saturated carbocycles. The number of piperidine rings is 1. The van der Waals surface area contributed by atoms with Gasteiger partial charge in [0, 0.05) is 43.5 Å². The molecule has 2 atom stereocenters. The zero-order valence-corrected chi connectivity index (χ0v) is 17.2. The molecule has 6 nitrogen and oxygen atoms in total. The first-order chi connectivity index (χ1) is 13.7. The van der Waals surface area contributed by atoms with Crippen LogP contribution in [0.25, 0.3) is 11.0 Å². The zero-order chi connectivity index (χ0) is 21.2. The first-order valence-electron chi connectivity index (χ1n) is 9.96. The Kier molecular flexibility index (Phi) is 6.31. The molecule has 1 fully saturated rings. The number of halogens is 2. The number of nitrogens with one attached hydrogen (secondary N) is 1. The molecule has 3 rings (SSSR count). The standard InChI is InChI=1S/C21H29F2N5O/c1-13-8-14(27-17(29)9-21(2,3)12-24)11-28(10-13)16-5-4-15(20(22)23)18-19(16)26-7-6-25-18/h4-7,13-14,20H,8-12,24H2,1-3H3,(H,27,29)/t13-,14+/m0/s1. The third kappa shape index (κ3) is 4.98. The lowest BCUT2D eigenvalue weighted by Gasteiger charge is -2.39. The molecule has 0 bridgehead atoms. The van der Waals surface area contributed by atoms with Crippen LogP contribution in [0.5, 0.6) is 0 Å². The van der Waals surface area contributed by atoms with Crippen LogP contribution in [0.3, 0.4) is 0 Å². The molecular formula is C21H29F2N5O. The molecule has 0 spiro atoms. The number of nitrogens with zero attached hydrogens (tertiary/aromatic N) is 3. The monoisotopic (exact) mass is 405 g/mol. The predicted molar refractivity (Wildman–Crippen MR) is 110 cm³/mol. The molecule has 1 amide bonds. The Hall–Kier alpha value is -2.35. The lowest BCUT2D eigenvalue weighted by Crippen LogP contribution is -2.51. The molecule has 0 unspecified atom stereocenters. The van der Waals surface area contributed by atoms with Crippen molar-refractivity contribution in [2.75, 3.05) is 24.5 Å². The maximum absolute atomic E-state index is 13.4. The molecule has 0 aliphatic carbocycles. The minimum Gasteiger partial charge on any atom is -0.367 e.